The van der Waals surface area contributed by atoms with Gasteiger partial charge >= 0.3 is 0 Å². The van der Waals surface area contributed by atoms with Gasteiger partial charge in [-0.3, -0.25) is 14.3 Å². The van der Waals surface area contributed by atoms with E-state index in [9.17, 15) is 9.59 Å². The smallest absolute Gasteiger partial charge is 0.243 e. The van der Waals surface area contributed by atoms with Gasteiger partial charge in [0.1, 0.15) is 0 Å². The molecule has 1 fully saturated rings. The van der Waals surface area contributed by atoms with E-state index >= 15 is 0 Å². The van der Waals surface area contributed by atoms with Crippen LogP contribution >= 0.6 is 0 Å². The van der Waals surface area contributed by atoms with Crippen LogP contribution in [0.1, 0.15) is 23.4 Å². The molecular weight excluding hydrogens is 382 g/mol. The number of morpholine rings is 1. The third-order valence-corrected chi connectivity index (χ3v) is 5.58. The van der Waals surface area contributed by atoms with Crippen LogP contribution in [0.5, 0.6) is 0 Å². The van der Waals surface area contributed by atoms with E-state index in [1.54, 1.807) is 7.05 Å². The fourth-order valence-corrected chi connectivity index (χ4v) is 3.68. The summed E-state index contributed by atoms with van der Waals surface area (Å²) in [4.78, 5) is 28.5. The summed E-state index contributed by atoms with van der Waals surface area (Å²) in [5, 5.41) is 7.25. The number of aryl methyl sites for hydroxylation is 2. The number of carbonyl (C=O) groups is 2. The molecule has 30 heavy (non-hydrogen) atoms. The fraction of sp³-hybridized carbons (Fsp3) is 0.500. The number of amides is 2. The largest absolute Gasteiger partial charge is 0.378 e. The fourth-order valence-electron chi connectivity index (χ4n) is 3.68. The maximum atomic E-state index is 12.5. The molecule has 1 aromatic carbocycles. The summed E-state index contributed by atoms with van der Waals surface area (Å²) in [7, 11) is 3.56. The summed E-state index contributed by atoms with van der Waals surface area (Å²) in [6, 6.07) is 7.76. The van der Waals surface area contributed by atoms with Gasteiger partial charge in [-0.15, -0.1) is 0 Å². The second-order valence-electron chi connectivity index (χ2n) is 7.72. The Labute approximate surface area is 177 Å². The van der Waals surface area contributed by atoms with Gasteiger partial charge in [-0.05, 0) is 50.1 Å². The van der Waals surface area contributed by atoms with E-state index in [2.05, 4.69) is 15.3 Å². The SMILES string of the molecule is Cc1nn(C)c(C)c1CCC(=O)N(C)CC(=O)Nc1ccc(N2CCOCC2)cc1. The van der Waals surface area contributed by atoms with Crippen molar-refractivity contribution in [2.75, 3.05) is 50.1 Å². The number of aromatic nitrogens is 2. The van der Waals surface area contributed by atoms with Gasteiger partial charge in [0.05, 0.1) is 25.5 Å². The van der Waals surface area contributed by atoms with Gasteiger partial charge in [0.2, 0.25) is 11.8 Å². The van der Waals surface area contributed by atoms with Crippen molar-refractivity contribution in [3.63, 3.8) is 0 Å². The molecule has 2 aromatic rings. The van der Waals surface area contributed by atoms with Crippen molar-refractivity contribution in [3.05, 3.63) is 41.2 Å². The van der Waals surface area contributed by atoms with E-state index in [1.165, 1.54) is 4.90 Å². The summed E-state index contributed by atoms with van der Waals surface area (Å²) in [5.41, 5.74) is 4.96. The van der Waals surface area contributed by atoms with Crippen molar-refractivity contribution in [2.24, 2.45) is 7.05 Å². The van der Waals surface area contributed by atoms with Gasteiger partial charge in [0, 0.05) is 50.7 Å². The number of hydrogen-bond acceptors (Lipinski definition) is 5. The first-order chi connectivity index (χ1) is 14.3. The van der Waals surface area contributed by atoms with Crippen LogP contribution in [0, 0.1) is 13.8 Å². The summed E-state index contributed by atoms with van der Waals surface area (Å²) >= 11 is 0. The van der Waals surface area contributed by atoms with E-state index in [0.29, 0.717) is 12.8 Å². The number of carbonyl (C=O) groups excluding carboxylic acids is 2. The van der Waals surface area contributed by atoms with Crippen LogP contribution < -0.4 is 10.2 Å². The van der Waals surface area contributed by atoms with Gasteiger partial charge in [-0.25, -0.2) is 0 Å². The van der Waals surface area contributed by atoms with E-state index in [-0.39, 0.29) is 18.4 Å². The molecule has 1 aliphatic heterocycles. The molecular formula is C22H31N5O3. The van der Waals surface area contributed by atoms with Crippen molar-refractivity contribution in [2.45, 2.75) is 26.7 Å². The highest BCUT2D eigenvalue weighted by Gasteiger charge is 2.16. The molecule has 162 valence electrons. The van der Waals surface area contributed by atoms with Gasteiger partial charge in [0.15, 0.2) is 0 Å². The van der Waals surface area contributed by atoms with Crippen LogP contribution in [0.15, 0.2) is 24.3 Å². The van der Waals surface area contributed by atoms with Gasteiger partial charge in [0.25, 0.3) is 0 Å². The first-order valence-electron chi connectivity index (χ1n) is 10.3. The lowest BCUT2D eigenvalue weighted by Crippen LogP contribution is -2.36. The standard InChI is InChI=1S/C22H31N5O3/c1-16-20(17(2)26(4)24-16)9-10-22(29)25(3)15-21(28)23-18-5-7-19(8-6-18)27-11-13-30-14-12-27/h5-8H,9-15H2,1-4H3,(H,23,28). The highest BCUT2D eigenvalue weighted by Crippen LogP contribution is 2.19. The van der Waals surface area contributed by atoms with E-state index in [4.69, 9.17) is 4.74 Å². The van der Waals surface area contributed by atoms with Gasteiger partial charge < -0.3 is 19.9 Å². The molecule has 0 radical (unpaired) electrons. The van der Waals surface area contributed by atoms with Gasteiger partial charge in [-0.2, -0.15) is 5.10 Å². The molecule has 0 unspecified atom stereocenters. The zero-order valence-corrected chi connectivity index (χ0v) is 18.3. The highest BCUT2D eigenvalue weighted by atomic mass is 16.5. The Morgan fingerprint density at radius 3 is 2.43 bits per heavy atom. The molecule has 0 bridgehead atoms. The molecule has 0 atom stereocenters. The van der Waals surface area contributed by atoms with Crippen molar-refractivity contribution in [1.29, 1.82) is 0 Å². The predicted octanol–water partition coefficient (Wildman–Crippen LogP) is 1.90. The Hall–Kier alpha value is -2.87. The van der Waals surface area contributed by atoms with Crippen LogP contribution in [0.2, 0.25) is 0 Å². The number of hydrogen-bond donors (Lipinski definition) is 1. The zero-order valence-electron chi connectivity index (χ0n) is 18.3. The van der Waals surface area contributed by atoms with Crippen LogP contribution in [0.3, 0.4) is 0 Å². The minimum atomic E-state index is -0.210. The highest BCUT2D eigenvalue weighted by molar-refractivity contribution is 5.94. The molecule has 1 saturated heterocycles. The normalized spacial score (nSPS) is 13.9. The van der Waals surface area contributed by atoms with Crippen molar-refractivity contribution >= 4 is 23.2 Å². The van der Waals surface area contributed by atoms with E-state index < -0.39 is 0 Å². The first kappa shape index (κ1) is 21.8. The monoisotopic (exact) mass is 413 g/mol. The third-order valence-electron chi connectivity index (χ3n) is 5.58. The summed E-state index contributed by atoms with van der Waals surface area (Å²) < 4.78 is 7.20. The van der Waals surface area contributed by atoms with Gasteiger partial charge in [-0.1, -0.05) is 0 Å². The molecule has 1 aliphatic rings. The number of benzene rings is 1. The van der Waals surface area contributed by atoms with Crippen LogP contribution in [0.4, 0.5) is 11.4 Å². The van der Waals surface area contributed by atoms with Crippen LogP contribution in [-0.2, 0) is 27.8 Å². The molecule has 0 saturated carbocycles. The van der Waals surface area contributed by atoms with Crippen molar-refractivity contribution in [1.82, 2.24) is 14.7 Å². The first-order valence-corrected chi connectivity index (χ1v) is 10.3. The van der Waals surface area contributed by atoms with E-state index in [0.717, 1.165) is 54.6 Å². The lowest BCUT2D eigenvalue weighted by molar-refractivity contribution is -0.133. The molecule has 3 rings (SSSR count). The zero-order chi connectivity index (χ0) is 21.7. The second kappa shape index (κ2) is 9.75. The molecule has 1 N–H and O–H groups in total. The quantitative estimate of drug-likeness (QED) is 0.750. The molecule has 2 heterocycles. The predicted molar refractivity (Wildman–Crippen MR) is 117 cm³/mol. The maximum absolute atomic E-state index is 12.5. The molecule has 1 aromatic heterocycles. The molecule has 8 nitrogen and oxygen atoms in total. The Morgan fingerprint density at radius 2 is 1.83 bits per heavy atom. The molecule has 0 spiro atoms. The lowest BCUT2D eigenvalue weighted by Gasteiger charge is -2.28. The second-order valence-corrected chi connectivity index (χ2v) is 7.72. The van der Waals surface area contributed by atoms with E-state index in [1.807, 2.05) is 49.8 Å². The lowest BCUT2D eigenvalue weighted by atomic mass is 10.1. The van der Waals surface area contributed by atoms with Crippen LogP contribution in [0.25, 0.3) is 0 Å². The third kappa shape index (κ3) is 5.38. The number of nitrogens with one attached hydrogen (secondary N) is 1. The Bertz CT molecular complexity index is 885. The molecule has 0 aliphatic carbocycles. The minimum Gasteiger partial charge on any atom is -0.378 e. The number of anilines is 2. The topological polar surface area (TPSA) is 79.7 Å². The summed E-state index contributed by atoms with van der Waals surface area (Å²) in [5.74, 6) is -0.269. The molecule has 8 heteroatoms. The van der Waals surface area contributed by atoms with Crippen molar-refractivity contribution < 1.29 is 14.3 Å². The molecule has 2 amide bonds. The summed E-state index contributed by atoms with van der Waals surface area (Å²) in [6.07, 6.45) is 0.977. The van der Waals surface area contributed by atoms with Crippen molar-refractivity contribution in [3.8, 4) is 0 Å². The minimum absolute atomic E-state index is 0.0229. The number of likely N-dealkylation sites (N-methyl/N-ethyl adjacent to an activating group) is 1. The number of rotatable bonds is 7. The Balaban J connectivity index is 1.47. The average molecular weight is 414 g/mol. The van der Waals surface area contributed by atoms with Crippen LogP contribution in [-0.4, -0.2) is 66.4 Å². The number of nitrogens with zero attached hydrogens (tertiary/aromatic N) is 4. The summed E-state index contributed by atoms with van der Waals surface area (Å²) in [6.45, 7) is 7.19. The Kier molecular flexibility index (Phi) is 7.10. The Morgan fingerprint density at radius 1 is 1.17 bits per heavy atom. The average Bonchev–Trinajstić information content (AvgIpc) is 2.98. The number of ether oxygens (including phenoxy) is 1. The maximum Gasteiger partial charge on any atom is 0.243 e.